The van der Waals surface area contributed by atoms with Crippen molar-refractivity contribution in [1.82, 2.24) is 14.8 Å². The number of thioether (sulfide) groups is 1. The number of benzene rings is 1. The van der Waals surface area contributed by atoms with E-state index in [1.54, 1.807) is 23.6 Å². The van der Waals surface area contributed by atoms with Gasteiger partial charge in [0.15, 0.2) is 5.16 Å². The molecule has 0 saturated heterocycles. The Kier molecular flexibility index (Phi) is 4.62. The fourth-order valence-corrected chi connectivity index (χ4v) is 2.52. The van der Waals surface area contributed by atoms with Crippen molar-refractivity contribution in [2.75, 3.05) is 5.75 Å². The Hall–Kier alpha value is -1.89. The molecule has 0 spiro atoms. The smallest absolute Gasteiger partial charge is 0.313 e. The predicted molar refractivity (Wildman–Crippen MR) is 78.5 cm³/mol. The van der Waals surface area contributed by atoms with E-state index in [4.69, 9.17) is 5.11 Å². The quantitative estimate of drug-likeness (QED) is 0.860. The minimum absolute atomic E-state index is 0.0843. The lowest BCUT2D eigenvalue weighted by atomic mass is 10.2. The van der Waals surface area contributed by atoms with Crippen LogP contribution in [0, 0.1) is 12.7 Å². The molecule has 0 saturated carbocycles. The number of hydrogen-bond donors (Lipinski definition) is 1. The fraction of sp³-hybridized carbons (Fsp3) is 0.357. The van der Waals surface area contributed by atoms with Gasteiger partial charge in [-0.2, -0.15) is 0 Å². The van der Waals surface area contributed by atoms with Gasteiger partial charge in [-0.15, -0.1) is 10.2 Å². The number of carbonyl (C=O) groups is 1. The van der Waals surface area contributed by atoms with Gasteiger partial charge in [-0.25, -0.2) is 4.39 Å². The molecule has 0 aliphatic rings. The van der Waals surface area contributed by atoms with Gasteiger partial charge < -0.3 is 5.11 Å². The van der Waals surface area contributed by atoms with Gasteiger partial charge in [0.25, 0.3) is 0 Å². The number of nitrogens with zero attached hydrogens (tertiary/aromatic N) is 3. The summed E-state index contributed by atoms with van der Waals surface area (Å²) in [6, 6.07) is 4.87. The zero-order valence-electron chi connectivity index (χ0n) is 12.0. The summed E-state index contributed by atoms with van der Waals surface area (Å²) in [5.74, 6) is -0.613. The molecule has 0 bridgehead atoms. The van der Waals surface area contributed by atoms with E-state index in [2.05, 4.69) is 10.2 Å². The largest absolute Gasteiger partial charge is 0.481 e. The summed E-state index contributed by atoms with van der Waals surface area (Å²) in [7, 11) is 0. The third-order valence-corrected chi connectivity index (χ3v) is 3.83. The fourth-order valence-electron chi connectivity index (χ4n) is 1.84. The first-order chi connectivity index (χ1) is 9.90. The summed E-state index contributed by atoms with van der Waals surface area (Å²) in [6.07, 6.45) is 0. The maximum Gasteiger partial charge on any atom is 0.313 e. The van der Waals surface area contributed by atoms with Gasteiger partial charge in [-0.05, 0) is 24.6 Å². The Balaban J connectivity index is 2.49. The SMILES string of the molecule is Cc1ccc(-n2c(SCC(=O)O)nnc2C(C)C)cc1F. The van der Waals surface area contributed by atoms with Crippen LogP contribution in [0.25, 0.3) is 5.69 Å². The van der Waals surface area contributed by atoms with Gasteiger partial charge in [0.05, 0.1) is 11.4 Å². The molecule has 0 atom stereocenters. The van der Waals surface area contributed by atoms with Crippen molar-refractivity contribution in [3.05, 3.63) is 35.4 Å². The van der Waals surface area contributed by atoms with Crippen LogP contribution < -0.4 is 0 Å². The van der Waals surface area contributed by atoms with Crippen LogP contribution in [-0.4, -0.2) is 31.6 Å². The van der Waals surface area contributed by atoms with Crippen LogP contribution >= 0.6 is 11.8 Å². The molecule has 0 amide bonds. The number of rotatable bonds is 5. The Morgan fingerprint density at radius 1 is 1.43 bits per heavy atom. The number of hydrogen-bond acceptors (Lipinski definition) is 4. The van der Waals surface area contributed by atoms with E-state index in [9.17, 15) is 9.18 Å². The van der Waals surface area contributed by atoms with Gasteiger partial charge in [-0.1, -0.05) is 31.7 Å². The first-order valence-corrected chi connectivity index (χ1v) is 7.45. The Bertz CT molecular complexity index is 670. The van der Waals surface area contributed by atoms with Crippen molar-refractivity contribution in [3.63, 3.8) is 0 Å². The summed E-state index contributed by atoms with van der Waals surface area (Å²) >= 11 is 1.07. The van der Waals surface area contributed by atoms with E-state index in [1.165, 1.54) is 6.07 Å². The molecule has 0 fully saturated rings. The molecule has 1 aromatic carbocycles. The van der Waals surface area contributed by atoms with E-state index < -0.39 is 5.97 Å². The van der Waals surface area contributed by atoms with E-state index >= 15 is 0 Å². The van der Waals surface area contributed by atoms with E-state index in [1.807, 2.05) is 13.8 Å². The van der Waals surface area contributed by atoms with Gasteiger partial charge >= 0.3 is 5.97 Å². The van der Waals surface area contributed by atoms with Gasteiger partial charge in [-0.3, -0.25) is 9.36 Å². The lowest BCUT2D eigenvalue weighted by Gasteiger charge is -2.12. The van der Waals surface area contributed by atoms with Crippen LogP contribution in [0.4, 0.5) is 4.39 Å². The highest BCUT2D eigenvalue weighted by molar-refractivity contribution is 7.99. The number of carboxylic acids is 1. The first kappa shape index (κ1) is 15.5. The molecule has 1 aromatic heterocycles. The highest BCUT2D eigenvalue weighted by atomic mass is 32.2. The second kappa shape index (κ2) is 6.26. The summed E-state index contributed by atoms with van der Waals surface area (Å²) in [5, 5.41) is 17.4. The molecule has 1 heterocycles. The van der Waals surface area contributed by atoms with Crippen molar-refractivity contribution in [2.45, 2.75) is 31.8 Å². The molecule has 2 rings (SSSR count). The van der Waals surface area contributed by atoms with Crippen molar-refractivity contribution in [3.8, 4) is 5.69 Å². The van der Waals surface area contributed by atoms with Crippen molar-refractivity contribution in [1.29, 1.82) is 0 Å². The standard InChI is InChI=1S/C14H16FN3O2S/c1-8(2)13-16-17-14(21-7-12(19)20)18(13)10-5-4-9(3)11(15)6-10/h4-6,8H,7H2,1-3H3,(H,19,20). The molecule has 112 valence electrons. The van der Waals surface area contributed by atoms with Crippen LogP contribution in [0.2, 0.25) is 0 Å². The second-order valence-electron chi connectivity index (χ2n) is 4.95. The zero-order chi connectivity index (χ0) is 15.6. The predicted octanol–water partition coefficient (Wildman–Crippen LogP) is 3.01. The normalized spacial score (nSPS) is 11.1. The molecule has 0 aliphatic carbocycles. The van der Waals surface area contributed by atoms with E-state index in [0.29, 0.717) is 22.2 Å². The second-order valence-corrected chi connectivity index (χ2v) is 5.89. The first-order valence-electron chi connectivity index (χ1n) is 6.46. The molecular formula is C14H16FN3O2S. The molecule has 0 radical (unpaired) electrons. The minimum atomic E-state index is -0.935. The average Bonchev–Trinajstić information content (AvgIpc) is 2.83. The van der Waals surface area contributed by atoms with Crippen LogP contribution in [0.5, 0.6) is 0 Å². The van der Waals surface area contributed by atoms with Crippen LogP contribution in [0.3, 0.4) is 0 Å². The number of aliphatic carboxylic acids is 1. The summed E-state index contributed by atoms with van der Waals surface area (Å²) < 4.78 is 15.5. The third kappa shape index (κ3) is 3.41. The Labute approximate surface area is 126 Å². The molecule has 1 N–H and O–H groups in total. The monoisotopic (exact) mass is 309 g/mol. The summed E-state index contributed by atoms with van der Waals surface area (Å²) in [5.41, 5.74) is 1.15. The van der Waals surface area contributed by atoms with Gasteiger partial charge in [0, 0.05) is 5.92 Å². The molecular weight excluding hydrogens is 293 g/mol. The van der Waals surface area contributed by atoms with Gasteiger partial charge in [0.1, 0.15) is 11.6 Å². The highest BCUT2D eigenvalue weighted by Gasteiger charge is 2.18. The highest BCUT2D eigenvalue weighted by Crippen LogP contribution is 2.26. The van der Waals surface area contributed by atoms with Crippen molar-refractivity contribution in [2.24, 2.45) is 0 Å². The summed E-state index contributed by atoms with van der Waals surface area (Å²) in [6.45, 7) is 5.60. The molecule has 2 aromatic rings. The van der Waals surface area contributed by atoms with E-state index in [0.717, 1.165) is 11.8 Å². The number of aryl methyl sites for hydroxylation is 1. The zero-order valence-corrected chi connectivity index (χ0v) is 12.8. The molecule has 21 heavy (non-hydrogen) atoms. The molecule has 0 unspecified atom stereocenters. The van der Waals surface area contributed by atoms with Crippen molar-refractivity contribution < 1.29 is 14.3 Å². The Morgan fingerprint density at radius 3 is 2.71 bits per heavy atom. The lowest BCUT2D eigenvalue weighted by molar-refractivity contribution is -0.133. The topological polar surface area (TPSA) is 68.0 Å². The average molecular weight is 309 g/mol. The molecule has 5 nitrogen and oxygen atoms in total. The van der Waals surface area contributed by atoms with Crippen LogP contribution in [0.1, 0.15) is 31.2 Å². The number of halogens is 1. The maximum atomic E-state index is 13.8. The van der Waals surface area contributed by atoms with Crippen LogP contribution in [-0.2, 0) is 4.79 Å². The summed E-state index contributed by atoms with van der Waals surface area (Å²) in [4.78, 5) is 10.7. The molecule has 0 aliphatic heterocycles. The van der Waals surface area contributed by atoms with Gasteiger partial charge in [0.2, 0.25) is 0 Å². The van der Waals surface area contributed by atoms with Crippen molar-refractivity contribution >= 4 is 17.7 Å². The maximum absolute atomic E-state index is 13.8. The van der Waals surface area contributed by atoms with Crippen LogP contribution in [0.15, 0.2) is 23.4 Å². The Morgan fingerprint density at radius 2 is 2.14 bits per heavy atom. The van der Waals surface area contributed by atoms with E-state index in [-0.39, 0.29) is 17.5 Å². The number of aromatic nitrogens is 3. The minimum Gasteiger partial charge on any atom is -0.481 e. The number of carboxylic acid groups (broad SMARTS) is 1. The molecule has 7 heteroatoms. The lowest BCUT2D eigenvalue weighted by Crippen LogP contribution is -2.06. The third-order valence-electron chi connectivity index (χ3n) is 2.91.